The Morgan fingerprint density at radius 3 is 2.85 bits per heavy atom. The predicted octanol–water partition coefficient (Wildman–Crippen LogP) is 1.06. The Labute approximate surface area is 76.1 Å². The van der Waals surface area contributed by atoms with Gasteiger partial charge in [0.15, 0.2) is 0 Å². The molecule has 0 aliphatic carbocycles. The molecule has 0 unspecified atom stereocenters. The van der Waals surface area contributed by atoms with Gasteiger partial charge in [-0.15, -0.1) is 0 Å². The van der Waals surface area contributed by atoms with Crippen molar-refractivity contribution < 1.29 is 0 Å². The number of aryl methyl sites for hydroxylation is 1. The summed E-state index contributed by atoms with van der Waals surface area (Å²) in [6.07, 6.45) is 5.32. The van der Waals surface area contributed by atoms with Crippen LogP contribution in [0.25, 0.3) is 11.3 Å². The number of rotatable bonds is 1. The lowest BCUT2D eigenvalue weighted by Gasteiger charge is -1.98. The first kappa shape index (κ1) is 7.79. The van der Waals surface area contributed by atoms with E-state index in [2.05, 4.69) is 9.97 Å². The molecule has 2 rings (SSSR count). The number of pyridine rings is 1. The molecule has 0 fully saturated rings. The molecule has 2 N–H and O–H groups in total. The highest BCUT2D eigenvalue weighted by Gasteiger charge is 2.04. The van der Waals surface area contributed by atoms with Gasteiger partial charge in [-0.1, -0.05) is 0 Å². The molecular weight excluding hydrogens is 164 g/mol. The van der Waals surface area contributed by atoms with Crippen molar-refractivity contribution in [3.05, 3.63) is 30.9 Å². The van der Waals surface area contributed by atoms with E-state index in [0.717, 1.165) is 11.3 Å². The van der Waals surface area contributed by atoms with Crippen LogP contribution in [0.4, 0.5) is 5.82 Å². The molecule has 0 aliphatic rings. The van der Waals surface area contributed by atoms with Gasteiger partial charge in [0.2, 0.25) is 0 Å². The molecule has 4 heteroatoms. The molecular formula is C9H10N4. The average Bonchev–Trinajstić information content (AvgIpc) is 2.53. The molecule has 0 atom stereocenters. The average molecular weight is 174 g/mol. The maximum absolute atomic E-state index is 5.70. The standard InChI is InChI=1S/C9H10N4/c1-13-5-8(12-6-13)7-3-2-4-11-9(7)10/h2-6H,1H3,(H2,10,11). The number of nitrogens with zero attached hydrogens (tertiary/aromatic N) is 3. The molecule has 0 aliphatic heterocycles. The quantitative estimate of drug-likeness (QED) is 0.703. The van der Waals surface area contributed by atoms with Gasteiger partial charge in [0.25, 0.3) is 0 Å². The van der Waals surface area contributed by atoms with Crippen molar-refractivity contribution >= 4 is 5.82 Å². The van der Waals surface area contributed by atoms with Gasteiger partial charge in [-0.25, -0.2) is 9.97 Å². The van der Waals surface area contributed by atoms with Crippen LogP contribution in [0.1, 0.15) is 0 Å². The lowest BCUT2D eigenvalue weighted by atomic mass is 10.2. The van der Waals surface area contributed by atoms with Crippen LogP contribution >= 0.6 is 0 Å². The molecule has 4 nitrogen and oxygen atoms in total. The van der Waals surface area contributed by atoms with Crippen molar-refractivity contribution in [3.63, 3.8) is 0 Å². The molecule has 2 aromatic rings. The number of aromatic nitrogens is 3. The van der Waals surface area contributed by atoms with Crippen LogP contribution in [-0.4, -0.2) is 14.5 Å². The third-order valence-corrected chi connectivity index (χ3v) is 1.82. The van der Waals surface area contributed by atoms with Crippen molar-refractivity contribution in [3.8, 4) is 11.3 Å². The fourth-order valence-corrected chi connectivity index (χ4v) is 1.19. The summed E-state index contributed by atoms with van der Waals surface area (Å²) in [6.45, 7) is 0. The van der Waals surface area contributed by atoms with Crippen molar-refractivity contribution in [1.82, 2.24) is 14.5 Å². The Hall–Kier alpha value is -1.84. The minimum atomic E-state index is 0.515. The Morgan fingerprint density at radius 2 is 2.23 bits per heavy atom. The van der Waals surface area contributed by atoms with Crippen LogP contribution in [-0.2, 0) is 7.05 Å². The fraction of sp³-hybridized carbons (Fsp3) is 0.111. The van der Waals surface area contributed by atoms with E-state index in [4.69, 9.17) is 5.73 Å². The number of anilines is 1. The van der Waals surface area contributed by atoms with Gasteiger partial charge in [-0.05, 0) is 12.1 Å². The third kappa shape index (κ3) is 1.38. The molecule has 66 valence electrons. The fourth-order valence-electron chi connectivity index (χ4n) is 1.19. The lowest BCUT2D eigenvalue weighted by molar-refractivity contribution is 0.913. The summed E-state index contributed by atoms with van der Waals surface area (Å²) in [4.78, 5) is 8.18. The zero-order valence-electron chi connectivity index (χ0n) is 7.31. The topological polar surface area (TPSA) is 56.7 Å². The molecule has 2 aromatic heterocycles. The molecule has 0 aromatic carbocycles. The number of imidazole rings is 1. The van der Waals surface area contributed by atoms with E-state index >= 15 is 0 Å². The summed E-state index contributed by atoms with van der Waals surface area (Å²) < 4.78 is 1.88. The van der Waals surface area contributed by atoms with Gasteiger partial charge in [-0.2, -0.15) is 0 Å². The molecule has 0 spiro atoms. The van der Waals surface area contributed by atoms with Crippen LogP contribution in [0.5, 0.6) is 0 Å². The summed E-state index contributed by atoms with van der Waals surface area (Å²) in [7, 11) is 1.92. The second-order valence-electron chi connectivity index (χ2n) is 2.86. The Bertz CT molecular complexity index is 419. The monoisotopic (exact) mass is 174 g/mol. The summed E-state index contributed by atoms with van der Waals surface area (Å²) in [5.41, 5.74) is 7.43. The number of nitrogen functional groups attached to an aromatic ring is 1. The molecule has 0 bridgehead atoms. The first-order valence-corrected chi connectivity index (χ1v) is 3.96. The molecule has 13 heavy (non-hydrogen) atoms. The van der Waals surface area contributed by atoms with E-state index in [1.54, 1.807) is 12.5 Å². The number of nitrogens with two attached hydrogens (primary N) is 1. The predicted molar refractivity (Wildman–Crippen MR) is 50.9 cm³/mol. The van der Waals surface area contributed by atoms with Gasteiger partial charge in [0.1, 0.15) is 5.82 Å². The van der Waals surface area contributed by atoms with Crippen LogP contribution in [0.3, 0.4) is 0 Å². The second-order valence-corrected chi connectivity index (χ2v) is 2.86. The van der Waals surface area contributed by atoms with E-state index in [9.17, 15) is 0 Å². The molecule has 0 amide bonds. The van der Waals surface area contributed by atoms with Gasteiger partial charge < -0.3 is 10.3 Å². The zero-order chi connectivity index (χ0) is 9.26. The molecule has 0 radical (unpaired) electrons. The Kier molecular flexibility index (Phi) is 1.73. The minimum absolute atomic E-state index is 0.515. The zero-order valence-corrected chi connectivity index (χ0v) is 7.31. The molecule has 0 saturated heterocycles. The van der Waals surface area contributed by atoms with Gasteiger partial charge >= 0.3 is 0 Å². The van der Waals surface area contributed by atoms with Crippen molar-refractivity contribution in [2.24, 2.45) is 7.05 Å². The summed E-state index contributed by atoms with van der Waals surface area (Å²) in [6, 6.07) is 3.76. The van der Waals surface area contributed by atoms with Crippen molar-refractivity contribution in [2.75, 3.05) is 5.73 Å². The smallest absolute Gasteiger partial charge is 0.132 e. The molecule has 2 heterocycles. The van der Waals surface area contributed by atoms with Gasteiger partial charge in [-0.3, -0.25) is 0 Å². The second kappa shape index (κ2) is 2.90. The SMILES string of the molecule is Cn1cnc(-c2cccnc2N)c1. The maximum atomic E-state index is 5.70. The first-order valence-electron chi connectivity index (χ1n) is 3.96. The molecule has 0 saturated carbocycles. The summed E-state index contributed by atoms with van der Waals surface area (Å²) in [5.74, 6) is 0.515. The van der Waals surface area contributed by atoms with Gasteiger partial charge in [0, 0.05) is 25.0 Å². The number of hydrogen-bond acceptors (Lipinski definition) is 3. The lowest BCUT2D eigenvalue weighted by Crippen LogP contribution is -1.92. The minimum Gasteiger partial charge on any atom is -0.383 e. The van der Waals surface area contributed by atoms with E-state index in [0.29, 0.717) is 5.82 Å². The summed E-state index contributed by atoms with van der Waals surface area (Å²) >= 11 is 0. The number of hydrogen-bond donors (Lipinski definition) is 1. The van der Waals surface area contributed by atoms with E-state index in [-0.39, 0.29) is 0 Å². The Morgan fingerprint density at radius 1 is 1.38 bits per heavy atom. The summed E-state index contributed by atoms with van der Waals surface area (Å²) in [5, 5.41) is 0. The van der Waals surface area contributed by atoms with E-state index in [1.807, 2.05) is 29.9 Å². The van der Waals surface area contributed by atoms with Crippen LogP contribution < -0.4 is 5.73 Å². The van der Waals surface area contributed by atoms with Crippen LogP contribution in [0.15, 0.2) is 30.9 Å². The van der Waals surface area contributed by atoms with E-state index in [1.165, 1.54) is 0 Å². The highest BCUT2D eigenvalue weighted by Crippen LogP contribution is 2.20. The highest BCUT2D eigenvalue weighted by atomic mass is 15.0. The normalized spacial score (nSPS) is 10.2. The first-order chi connectivity index (χ1) is 6.27. The largest absolute Gasteiger partial charge is 0.383 e. The van der Waals surface area contributed by atoms with Gasteiger partial charge in [0.05, 0.1) is 12.0 Å². The van der Waals surface area contributed by atoms with Crippen LogP contribution in [0.2, 0.25) is 0 Å². The van der Waals surface area contributed by atoms with Crippen molar-refractivity contribution in [1.29, 1.82) is 0 Å². The maximum Gasteiger partial charge on any atom is 0.132 e. The van der Waals surface area contributed by atoms with Crippen LogP contribution in [0, 0.1) is 0 Å². The van der Waals surface area contributed by atoms with Crippen molar-refractivity contribution in [2.45, 2.75) is 0 Å². The highest BCUT2D eigenvalue weighted by molar-refractivity contribution is 5.69. The third-order valence-electron chi connectivity index (χ3n) is 1.82. The van der Waals surface area contributed by atoms with E-state index < -0.39 is 0 Å². The Balaban J connectivity index is 2.52.